The second-order valence-corrected chi connectivity index (χ2v) is 5.87. The van der Waals surface area contributed by atoms with Gasteiger partial charge in [0, 0.05) is 5.92 Å². The zero-order valence-corrected chi connectivity index (χ0v) is 11.7. The van der Waals surface area contributed by atoms with Gasteiger partial charge in [-0.3, -0.25) is 4.79 Å². The van der Waals surface area contributed by atoms with Crippen molar-refractivity contribution in [1.29, 1.82) is 0 Å². The van der Waals surface area contributed by atoms with Gasteiger partial charge in [-0.2, -0.15) is 0 Å². The van der Waals surface area contributed by atoms with E-state index in [0.29, 0.717) is 18.3 Å². The lowest BCUT2D eigenvalue weighted by molar-refractivity contribution is -0.123. The number of aliphatic hydroxyl groups is 1. The van der Waals surface area contributed by atoms with Crippen molar-refractivity contribution in [2.75, 3.05) is 0 Å². The number of aliphatic hydroxyl groups excluding tert-OH is 1. The van der Waals surface area contributed by atoms with E-state index in [9.17, 15) is 9.90 Å². The molecule has 0 fully saturated rings. The van der Waals surface area contributed by atoms with E-state index in [4.69, 9.17) is 0 Å². The number of hydrogen-bond donors (Lipinski definition) is 1. The molecule has 1 N–H and O–H groups in total. The molecule has 0 aromatic heterocycles. The fourth-order valence-electron chi connectivity index (χ4n) is 2.30. The van der Waals surface area contributed by atoms with E-state index < -0.39 is 0 Å². The molecule has 2 heteroatoms. The Morgan fingerprint density at radius 1 is 1.06 bits per heavy atom. The van der Waals surface area contributed by atoms with Gasteiger partial charge in [-0.25, -0.2) is 0 Å². The standard InChI is InChI=1S/C14H28O2/c1-9(2)7-11(5)14(16)8-13(10(3)4)12(6)15/h9-11,13-14,16H,7-8H2,1-6H3. The summed E-state index contributed by atoms with van der Waals surface area (Å²) in [6.45, 7) is 12.1. The van der Waals surface area contributed by atoms with Gasteiger partial charge in [0.15, 0.2) is 0 Å². The highest BCUT2D eigenvalue weighted by Crippen LogP contribution is 2.24. The summed E-state index contributed by atoms with van der Waals surface area (Å²) in [5.74, 6) is 1.40. The molecule has 0 radical (unpaired) electrons. The first kappa shape index (κ1) is 15.6. The predicted molar refractivity (Wildman–Crippen MR) is 68.3 cm³/mol. The molecule has 0 saturated heterocycles. The molecule has 0 saturated carbocycles. The van der Waals surface area contributed by atoms with Crippen molar-refractivity contribution in [1.82, 2.24) is 0 Å². The van der Waals surface area contributed by atoms with Crippen molar-refractivity contribution < 1.29 is 9.90 Å². The van der Waals surface area contributed by atoms with Crippen molar-refractivity contribution in [2.45, 2.75) is 60.5 Å². The summed E-state index contributed by atoms with van der Waals surface area (Å²) in [6, 6.07) is 0. The van der Waals surface area contributed by atoms with E-state index in [2.05, 4.69) is 20.8 Å². The van der Waals surface area contributed by atoms with E-state index >= 15 is 0 Å². The van der Waals surface area contributed by atoms with Crippen LogP contribution >= 0.6 is 0 Å². The number of Topliss-reactive ketones (excluding diaryl/α,β-unsaturated/α-hetero) is 1. The monoisotopic (exact) mass is 228 g/mol. The van der Waals surface area contributed by atoms with Gasteiger partial charge in [0.1, 0.15) is 5.78 Å². The summed E-state index contributed by atoms with van der Waals surface area (Å²) in [5, 5.41) is 10.1. The molecule has 0 bridgehead atoms. The summed E-state index contributed by atoms with van der Waals surface area (Å²) in [5.41, 5.74) is 0. The smallest absolute Gasteiger partial charge is 0.133 e. The van der Waals surface area contributed by atoms with Crippen molar-refractivity contribution in [2.24, 2.45) is 23.7 Å². The molecule has 0 aliphatic rings. The van der Waals surface area contributed by atoms with Crippen molar-refractivity contribution >= 4 is 5.78 Å². The Morgan fingerprint density at radius 2 is 1.56 bits per heavy atom. The van der Waals surface area contributed by atoms with Crippen molar-refractivity contribution in [3.63, 3.8) is 0 Å². The average Bonchev–Trinajstić information content (AvgIpc) is 2.11. The topological polar surface area (TPSA) is 37.3 Å². The number of rotatable bonds is 7. The second-order valence-electron chi connectivity index (χ2n) is 5.87. The van der Waals surface area contributed by atoms with Crippen molar-refractivity contribution in [3.05, 3.63) is 0 Å². The lowest BCUT2D eigenvalue weighted by Gasteiger charge is -2.26. The molecule has 0 amide bonds. The SMILES string of the molecule is CC(=O)C(CC(O)C(C)CC(C)C)C(C)C. The minimum atomic E-state index is -0.348. The molecule has 0 aliphatic heterocycles. The highest BCUT2D eigenvalue weighted by atomic mass is 16.3. The molecule has 0 rings (SSSR count). The van der Waals surface area contributed by atoms with Crippen LogP contribution in [0.3, 0.4) is 0 Å². The molecule has 16 heavy (non-hydrogen) atoms. The summed E-state index contributed by atoms with van der Waals surface area (Å²) >= 11 is 0. The third-order valence-electron chi connectivity index (χ3n) is 3.32. The first-order chi connectivity index (χ1) is 7.25. The van der Waals surface area contributed by atoms with Crippen LogP contribution in [0.1, 0.15) is 54.4 Å². The van der Waals surface area contributed by atoms with Gasteiger partial charge >= 0.3 is 0 Å². The van der Waals surface area contributed by atoms with E-state index in [1.165, 1.54) is 0 Å². The van der Waals surface area contributed by atoms with Gasteiger partial charge in [0.05, 0.1) is 6.10 Å². The van der Waals surface area contributed by atoms with Crippen LogP contribution in [0.2, 0.25) is 0 Å². The molecule has 3 unspecified atom stereocenters. The lowest BCUT2D eigenvalue weighted by Crippen LogP contribution is -2.28. The molecule has 96 valence electrons. The lowest BCUT2D eigenvalue weighted by atomic mass is 9.82. The van der Waals surface area contributed by atoms with E-state index in [1.54, 1.807) is 6.92 Å². The summed E-state index contributed by atoms with van der Waals surface area (Å²) in [7, 11) is 0. The maximum absolute atomic E-state index is 11.5. The highest BCUT2D eigenvalue weighted by Gasteiger charge is 2.25. The predicted octanol–water partition coefficient (Wildman–Crippen LogP) is 3.28. The highest BCUT2D eigenvalue weighted by molar-refractivity contribution is 5.78. The third kappa shape index (κ3) is 5.64. The zero-order chi connectivity index (χ0) is 12.9. The van der Waals surface area contributed by atoms with E-state index in [1.807, 2.05) is 13.8 Å². The molecule has 0 aromatic carbocycles. The van der Waals surface area contributed by atoms with Crippen LogP contribution in [0, 0.1) is 23.7 Å². The Kier molecular flexibility index (Phi) is 6.89. The molecule has 2 nitrogen and oxygen atoms in total. The largest absolute Gasteiger partial charge is 0.393 e. The number of hydrogen-bond acceptors (Lipinski definition) is 2. The Morgan fingerprint density at radius 3 is 1.88 bits per heavy atom. The number of ketones is 1. The Balaban J connectivity index is 4.28. The Hall–Kier alpha value is -0.370. The minimum absolute atomic E-state index is 0.00427. The van der Waals surface area contributed by atoms with Crippen LogP contribution in [0.5, 0.6) is 0 Å². The van der Waals surface area contributed by atoms with E-state index in [-0.39, 0.29) is 23.7 Å². The fourth-order valence-corrected chi connectivity index (χ4v) is 2.30. The summed E-state index contributed by atoms with van der Waals surface area (Å²) in [4.78, 5) is 11.5. The first-order valence-corrected chi connectivity index (χ1v) is 6.44. The normalized spacial score (nSPS) is 17.6. The molecule has 3 atom stereocenters. The quantitative estimate of drug-likeness (QED) is 0.726. The maximum Gasteiger partial charge on any atom is 0.133 e. The van der Waals surface area contributed by atoms with Crippen molar-refractivity contribution in [3.8, 4) is 0 Å². The van der Waals surface area contributed by atoms with Crippen LogP contribution in [-0.2, 0) is 4.79 Å². The van der Waals surface area contributed by atoms with Gasteiger partial charge in [-0.15, -0.1) is 0 Å². The van der Waals surface area contributed by atoms with Gasteiger partial charge in [0.25, 0.3) is 0 Å². The van der Waals surface area contributed by atoms with Crippen LogP contribution in [0.25, 0.3) is 0 Å². The molecule has 0 aromatic rings. The number of carbonyl (C=O) groups excluding carboxylic acids is 1. The molecule has 0 heterocycles. The summed E-state index contributed by atoms with van der Waals surface area (Å²) < 4.78 is 0. The zero-order valence-electron chi connectivity index (χ0n) is 11.7. The van der Waals surface area contributed by atoms with Crippen LogP contribution in [-0.4, -0.2) is 17.0 Å². The molecule has 0 aliphatic carbocycles. The van der Waals surface area contributed by atoms with Gasteiger partial charge in [0.2, 0.25) is 0 Å². The van der Waals surface area contributed by atoms with Crippen LogP contribution in [0.4, 0.5) is 0 Å². The Bertz CT molecular complexity index is 209. The third-order valence-corrected chi connectivity index (χ3v) is 3.32. The van der Waals surface area contributed by atoms with Crippen LogP contribution in [0.15, 0.2) is 0 Å². The molecular weight excluding hydrogens is 200 g/mol. The molecule has 0 spiro atoms. The van der Waals surface area contributed by atoms with Crippen LogP contribution < -0.4 is 0 Å². The summed E-state index contributed by atoms with van der Waals surface area (Å²) in [6.07, 6.45) is 1.28. The molecular formula is C14H28O2. The van der Waals surface area contributed by atoms with E-state index in [0.717, 1.165) is 6.42 Å². The first-order valence-electron chi connectivity index (χ1n) is 6.44. The van der Waals surface area contributed by atoms with Gasteiger partial charge < -0.3 is 5.11 Å². The van der Waals surface area contributed by atoms with Gasteiger partial charge in [-0.1, -0.05) is 34.6 Å². The second kappa shape index (κ2) is 7.05. The fraction of sp³-hybridized carbons (Fsp3) is 0.929. The van der Waals surface area contributed by atoms with Gasteiger partial charge in [-0.05, 0) is 37.5 Å². The number of carbonyl (C=O) groups is 1. The Labute approximate surface area is 100 Å². The minimum Gasteiger partial charge on any atom is -0.393 e. The maximum atomic E-state index is 11.5. The average molecular weight is 228 g/mol.